The Morgan fingerprint density at radius 3 is 2.46 bits per heavy atom. The average molecular weight is 374 g/mol. The van der Waals surface area contributed by atoms with Crippen LogP contribution in [0.2, 0.25) is 0 Å². The first kappa shape index (κ1) is 18.1. The number of hydrogen-bond acceptors (Lipinski definition) is 4. The van der Waals surface area contributed by atoms with E-state index in [1.807, 2.05) is 51.1 Å². The number of benzene rings is 3. The molecule has 0 N–H and O–H groups in total. The van der Waals surface area contributed by atoms with E-state index in [1.165, 1.54) is 0 Å². The van der Waals surface area contributed by atoms with Gasteiger partial charge in [-0.3, -0.25) is 4.79 Å². The van der Waals surface area contributed by atoms with Gasteiger partial charge < -0.3 is 13.9 Å². The van der Waals surface area contributed by atoms with Crippen molar-refractivity contribution in [2.75, 3.05) is 14.2 Å². The summed E-state index contributed by atoms with van der Waals surface area (Å²) in [5, 5.41) is 4.18. The Labute approximate surface area is 163 Å². The topological polar surface area (TPSA) is 48.7 Å². The van der Waals surface area contributed by atoms with E-state index in [4.69, 9.17) is 13.9 Å². The summed E-state index contributed by atoms with van der Waals surface area (Å²) in [6.07, 6.45) is 1.93. The predicted molar refractivity (Wildman–Crippen MR) is 115 cm³/mol. The number of hydrogen-bond donors (Lipinski definition) is 0. The Bertz CT molecular complexity index is 1330. The summed E-state index contributed by atoms with van der Waals surface area (Å²) >= 11 is 0. The molecule has 0 aliphatic carbocycles. The maximum Gasteiger partial charge on any atom is 0.193 e. The van der Waals surface area contributed by atoms with Gasteiger partial charge in [0.05, 0.1) is 30.4 Å². The van der Waals surface area contributed by atoms with Gasteiger partial charge in [0.1, 0.15) is 22.8 Å². The first-order valence-electron chi connectivity index (χ1n) is 9.18. The van der Waals surface area contributed by atoms with Crippen LogP contribution in [0.25, 0.3) is 38.1 Å². The molecule has 4 aromatic rings. The van der Waals surface area contributed by atoms with E-state index in [2.05, 4.69) is 6.07 Å². The summed E-state index contributed by atoms with van der Waals surface area (Å²) in [7, 11) is 3.27. The third-order valence-corrected chi connectivity index (χ3v) is 5.30. The second-order valence-electron chi connectivity index (χ2n) is 6.91. The number of rotatable bonds is 3. The van der Waals surface area contributed by atoms with Crippen molar-refractivity contribution in [1.82, 2.24) is 0 Å². The lowest BCUT2D eigenvalue weighted by Crippen LogP contribution is -2.04. The maximum absolute atomic E-state index is 12.9. The van der Waals surface area contributed by atoms with E-state index < -0.39 is 0 Å². The molecular weight excluding hydrogens is 352 g/mol. The quantitative estimate of drug-likeness (QED) is 0.333. The number of ether oxygens (including phenoxy) is 2. The summed E-state index contributed by atoms with van der Waals surface area (Å²) in [6.45, 7) is 5.79. The average Bonchev–Trinajstić information content (AvgIpc) is 2.70. The van der Waals surface area contributed by atoms with Crippen LogP contribution >= 0.6 is 0 Å². The van der Waals surface area contributed by atoms with Crippen molar-refractivity contribution in [3.63, 3.8) is 0 Å². The highest BCUT2D eigenvalue weighted by molar-refractivity contribution is 6.17. The molecule has 0 aliphatic rings. The Morgan fingerprint density at radius 2 is 1.79 bits per heavy atom. The molecule has 0 unspecified atom stereocenters. The lowest BCUT2D eigenvalue weighted by atomic mass is 9.96. The zero-order valence-corrected chi connectivity index (χ0v) is 16.7. The second kappa shape index (κ2) is 6.71. The van der Waals surface area contributed by atoms with Crippen LogP contribution in [0.4, 0.5) is 0 Å². The van der Waals surface area contributed by atoms with Crippen molar-refractivity contribution >= 4 is 38.1 Å². The summed E-state index contributed by atoms with van der Waals surface area (Å²) < 4.78 is 17.7. The summed E-state index contributed by atoms with van der Waals surface area (Å²) in [6, 6.07) is 11.5. The highest BCUT2D eigenvalue weighted by Gasteiger charge is 2.19. The van der Waals surface area contributed by atoms with Crippen molar-refractivity contribution < 1.29 is 13.9 Å². The molecule has 0 saturated heterocycles. The molecule has 0 bridgehead atoms. The summed E-state index contributed by atoms with van der Waals surface area (Å²) in [5.74, 6) is 1.93. The minimum Gasteiger partial charge on any atom is -0.496 e. The third-order valence-electron chi connectivity index (χ3n) is 5.30. The lowest BCUT2D eigenvalue weighted by Gasteiger charge is -2.15. The normalized spacial score (nSPS) is 12.1. The third kappa shape index (κ3) is 2.56. The van der Waals surface area contributed by atoms with Crippen LogP contribution in [-0.2, 0) is 0 Å². The Balaban J connectivity index is 2.33. The van der Waals surface area contributed by atoms with Crippen molar-refractivity contribution in [1.29, 1.82) is 0 Å². The molecule has 28 heavy (non-hydrogen) atoms. The predicted octanol–water partition coefficient (Wildman–Crippen LogP) is 5.85. The van der Waals surface area contributed by atoms with Crippen molar-refractivity contribution in [3.05, 3.63) is 64.0 Å². The molecule has 1 heterocycles. The zero-order chi connectivity index (χ0) is 20.0. The highest BCUT2D eigenvalue weighted by Crippen LogP contribution is 2.43. The highest BCUT2D eigenvalue weighted by atomic mass is 16.5. The van der Waals surface area contributed by atoms with Crippen molar-refractivity contribution in [2.45, 2.75) is 20.8 Å². The van der Waals surface area contributed by atoms with Crippen LogP contribution in [0.1, 0.15) is 25.2 Å². The van der Waals surface area contributed by atoms with Gasteiger partial charge in [-0.15, -0.1) is 0 Å². The van der Waals surface area contributed by atoms with Gasteiger partial charge in [-0.25, -0.2) is 0 Å². The zero-order valence-electron chi connectivity index (χ0n) is 16.7. The van der Waals surface area contributed by atoms with Gasteiger partial charge >= 0.3 is 0 Å². The van der Waals surface area contributed by atoms with Gasteiger partial charge in [-0.2, -0.15) is 0 Å². The lowest BCUT2D eigenvalue weighted by molar-refractivity contribution is 0.407. The van der Waals surface area contributed by atoms with Gasteiger partial charge in [0.2, 0.25) is 0 Å². The van der Waals surface area contributed by atoms with Crippen molar-refractivity contribution in [3.8, 4) is 11.5 Å². The molecule has 4 nitrogen and oxygen atoms in total. The Morgan fingerprint density at radius 1 is 1.00 bits per heavy atom. The fourth-order valence-electron chi connectivity index (χ4n) is 3.81. The smallest absolute Gasteiger partial charge is 0.193 e. The molecular formula is C24H22O4. The molecule has 0 fully saturated rings. The van der Waals surface area contributed by atoms with Crippen LogP contribution in [-0.4, -0.2) is 14.2 Å². The van der Waals surface area contributed by atoms with Crippen molar-refractivity contribution in [2.24, 2.45) is 0 Å². The molecule has 3 aromatic carbocycles. The minimum absolute atomic E-state index is 0.0565. The maximum atomic E-state index is 12.9. The van der Waals surface area contributed by atoms with Gasteiger partial charge in [-0.05, 0) is 54.8 Å². The van der Waals surface area contributed by atoms with E-state index in [-0.39, 0.29) is 5.43 Å². The summed E-state index contributed by atoms with van der Waals surface area (Å²) in [5.41, 5.74) is 2.28. The number of aryl methyl sites for hydroxylation is 1. The molecule has 0 atom stereocenters. The van der Waals surface area contributed by atoms with E-state index in [0.29, 0.717) is 28.2 Å². The molecule has 142 valence electrons. The molecule has 4 rings (SSSR count). The van der Waals surface area contributed by atoms with Crippen LogP contribution < -0.4 is 14.9 Å². The molecule has 0 aliphatic heterocycles. The largest absolute Gasteiger partial charge is 0.496 e. The van der Waals surface area contributed by atoms with E-state index >= 15 is 0 Å². The molecule has 0 saturated carbocycles. The standard InChI is InChI=1S/C24H22O4/c1-6-13(2)19-12-17(25)20-14(3)10-16-11-15-8-7-9-18(26-4)21(15)23(27-5)22(16)24(20)28-19/h6-12H,1-5H3/b13-6+. The fraction of sp³-hybridized carbons (Fsp3) is 0.208. The van der Waals surface area contributed by atoms with E-state index in [1.54, 1.807) is 20.3 Å². The van der Waals surface area contributed by atoms with E-state index in [0.717, 1.165) is 32.7 Å². The molecule has 0 spiro atoms. The molecule has 1 aromatic heterocycles. The van der Waals surface area contributed by atoms with Crippen LogP contribution in [0.15, 0.2) is 51.7 Å². The van der Waals surface area contributed by atoms with Gasteiger partial charge in [0.25, 0.3) is 0 Å². The van der Waals surface area contributed by atoms with Crippen LogP contribution in [0.3, 0.4) is 0 Å². The molecule has 0 radical (unpaired) electrons. The molecule has 0 amide bonds. The monoisotopic (exact) mass is 374 g/mol. The first-order valence-corrected chi connectivity index (χ1v) is 9.18. The van der Waals surface area contributed by atoms with Gasteiger partial charge in [-0.1, -0.05) is 24.3 Å². The van der Waals surface area contributed by atoms with Crippen LogP contribution in [0.5, 0.6) is 11.5 Å². The van der Waals surface area contributed by atoms with E-state index in [9.17, 15) is 4.79 Å². The van der Waals surface area contributed by atoms with Crippen LogP contribution in [0, 0.1) is 6.92 Å². The number of fused-ring (bicyclic) bond motifs is 4. The number of allylic oxidation sites excluding steroid dienone is 2. The minimum atomic E-state index is -0.0565. The summed E-state index contributed by atoms with van der Waals surface area (Å²) in [4.78, 5) is 12.9. The Kier molecular flexibility index (Phi) is 4.34. The first-order chi connectivity index (χ1) is 13.5. The Hall–Kier alpha value is -3.27. The molecule has 4 heteroatoms. The van der Waals surface area contributed by atoms with Gasteiger partial charge in [0.15, 0.2) is 5.43 Å². The van der Waals surface area contributed by atoms with Gasteiger partial charge in [0, 0.05) is 6.07 Å². The second-order valence-corrected chi connectivity index (χ2v) is 6.91. The number of methoxy groups -OCH3 is 2. The SMILES string of the molecule is C/C=C(\C)c1cc(=O)c2c(C)cc3cc4cccc(OC)c4c(OC)c3c2o1. The fourth-order valence-corrected chi connectivity index (χ4v) is 3.81.